The smallest absolute Gasteiger partial charge is 0.254 e. The Hall–Kier alpha value is -3.68. The average molecular weight is 448 g/mol. The van der Waals surface area contributed by atoms with Gasteiger partial charge in [-0.05, 0) is 38.8 Å². The van der Waals surface area contributed by atoms with Crippen molar-refractivity contribution in [1.82, 2.24) is 19.9 Å². The molecule has 0 spiro atoms. The normalized spacial score (nSPS) is 18.6. The van der Waals surface area contributed by atoms with Gasteiger partial charge in [-0.2, -0.15) is 0 Å². The van der Waals surface area contributed by atoms with Gasteiger partial charge in [-0.15, -0.1) is 0 Å². The first kappa shape index (κ1) is 21.2. The van der Waals surface area contributed by atoms with Crippen LogP contribution in [0.5, 0.6) is 0 Å². The molecule has 4 aromatic rings. The SMILES string of the molecule is Cc1ccc(-c2ncccn2)c(C(=O)N2C[C@H](c3nc4c(F)cc(F)cc4o3)CC[C@H]2C)c1. The number of hydrogen-bond acceptors (Lipinski definition) is 5. The van der Waals surface area contributed by atoms with Gasteiger partial charge in [-0.1, -0.05) is 17.7 Å². The lowest BCUT2D eigenvalue weighted by atomic mass is 9.92. The molecule has 33 heavy (non-hydrogen) atoms. The van der Waals surface area contributed by atoms with E-state index in [0.29, 0.717) is 29.4 Å². The van der Waals surface area contributed by atoms with Crippen molar-refractivity contribution in [2.75, 3.05) is 6.54 Å². The second kappa shape index (κ2) is 8.35. The van der Waals surface area contributed by atoms with E-state index >= 15 is 0 Å². The first-order valence-electron chi connectivity index (χ1n) is 10.8. The molecule has 0 bridgehead atoms. The van der Waals surface area contributed by atoms with Crippen molar-refractivity contribution in [1.29, 1.82) is 0 Å². The van der Waals surface area contributed by atoms with E-state index in [0.717, 1.165) is 30.5 Å². The van der Waals surface area contributed by atoms with Crippen LogP contribution in [-0.2, 0) is 0 Å². The highest BCUT2D eigenvalue weighted by Gasteiger charge is 2.34. The molecular weight excluding hydrogens is 426 g/mol. The van der Waals surface area contributed by atoms with Crippen LogP contribution in [0.1, 0.15) is 47.5 Å². The minimum absolute atomic E-state index is 0.00244. The summed E-state index contributed by atoms with van der Waals surface area (Å²) in [6, 6.07) is 9.28. The van der Waals surface area contributed by atoms with Crippen LogP contribution >= 0.6 is 0 Å². The summed E-state index contributed by atoms with van der Waals surface area (Å²) in [6.45, 7) is 4.30. The van der Waals surface area contributed by atoms with Crippen LogP contribution in [0, 0.1) is 18.6 Å². The molecule has 2 aromatic carbocycles. The molecule has 168 valence electrons. The summed E-state index contributed by atoms with van der Waals surface area (Å²) in [5, 5.41) is 0. The Morgan fingerprint density at radius 3 is 2.70 bits per heavy atom. The maximum Gasteiger partial charge on any atom is 0.254 e. The van der Waals surface area contributed by atoms with Crippen LogP contribution in [0.2, 0.25) is 0 Å². The number of rotatable bonds is 3. The molecule has 0 radical (unpaired) electrons. The number of halogens is 2. The molecule has 3 heterocycles. The fraction of sp³-hybridized carbons (Fsp3) is 0.280. The number of piperidine rings is 1. The van der Waals surface area contributed by atoms with Crippen LogP contribution in [0.3, 0.4) is 0 Å². The third kappa shape index (κ3) is 3.97. The molecular formula is C25H22F2N4O2. The molecule has 1 fully saturated rings. The minimum atomic E-state index is -0.760. The topological polar surface area (TPSA) is 72.1 Å². The van der Waals surface area contributed by atoms with Gasteiger partial charge in [-0.3, -0.25) is 4.79 Å². The van der Waals surface area contributed by atoms with E-state index in [4.69, 9.17) is 4.42 Å². The molecule has 1 aliphatic rings. The molecule has 6 nitrogen and oxygen atoms in total. The number of hydrogen-bond donors (Lipinski definition) is 0. The third-order valence-corrected chi connectivity index (χ3v) is 6.13. The zero-order valence-corrected chi connectivity index (χ0v) is 18.3. The van der Waals surface area contributed by atoms with E-state index < -0.39 is 11.6 Å². The number of oxazole rings is 1. The monoisotopic (exact) mass is 448 g/mol. The highest BCUT2D eigenvalue weighted by molar-refractivity contribution is 6.00. The largest absolute Gasteiger partial charge is 0.440 e. The van der Waals surface area contributed by atoms with Gasteiger partial charge in [0.05, 0.1) is 11.5 Å². The number of amides is 1. The van der Waals surface area contributed by atoms with Gasteiger partial charge in [0.1, 0.15) is 11.3 Å². The summed E-state index contributed by atoms with van der Waals surface area (Å²) in [7, 11) is 0. The predicted molar refractivity (Wildman–Crippen MR) is 119 cm³/mol. The molecule has 1 amide bonds. The number of nitrogens with zero attached hydrogens (tertiary/aromatic N) is 4. The Balaban J connectivity index is 1.48. The maximum absolute atomic E-state index is 14.1. The van der Waals surface area contributed by atoms with Crippen LogP contribution < -0.4 is 0 Å². The number of aromatic nitrogens is 3. The van der Waals surface area contributed by atoms with Crippen LogP contribution in [0.15, 0.2) is 53.2 Å². The van der Waals surface area contributed by atoms with E-state index in [1.54, 1.807) is 23.4 Å². The van der Waals surface area contributed by atoms with Gasteiger partial charge in [-0.25, -0.2) is 23.7 Å². The van der Waals surface area contributed by atoms with E-state index in [9.17, 15) is 13.6 Å². The van der Waals surface area contributed by atoms with Gasteiger partial charge in [0.15, 0.2) is 23.1 Å². The van der Waals surface area contributed by atoms with Crippen molar-refractivity contribution < 1.29 is 18.0 Å². The van der Waals surface area contributed by atoms with Crippen molar-refractivity contribution in [3.8, 4) is 11.4 Å². The Kier molecular flexibility index (Phi) is 5.36. The average Bonchev–Trinajstić information content (AvgIpc) is 3.24. The van der Waals surface area contributed by atoms with Gasteiger partial charge in [0, 0.05) is 42.7 Å². The van der Waals surface area contributed by atoms with Crippen molar-refractivity contribution in [2.24, 2.45) is 0 Å². The summed E-state index contributed by atoms with van der Waals surface area (Å²) in [4.78, 5) is 28.4. The number of fused-ring (bicyclic) bond motifs is 1. The second-order valence-electron chi connectivity index (χ2n) is 8.49. The van der Waals surface area contributed by atoms with Crippen molar-refractivity contribution in [3.05, 3.63) is 77.4 Å². The first-order chi connectivity index (χ1) is 15.9. The molecule has 5 rings (SSSR count). The lowest BCUT2D eigenvalue weighted by Crippen LogP contribution is -2.45. The minimum Gasteiger partial charge on any atom is -0.440 e. The number of carbonyl (C=O) groups excluding carboxylic acids is 1. The van der Waals surface area contributed by atoms with Gasteiger partial charge < -0.3 is 9.32 Å². The number of carbonyl (C=O) groups is 1. The summed E-state index contributed by atoms with van der Waals surface area (Å²) in [6.07, 6.45) is 4.75. The van der Waals surface area contributed by atoms with Gasteiger partial charge in [0.2, 0.25) is 0 Å². The first-order valence-corrected chi connectivity index (χ1v) is 10.8. The lowest BCUT2D eigenvalue weighted by Gasteiger charge is -2.37. The Morgan fingerprint density at radius 2 is 1.91 bits per heavy atom. The van der Waals surface area contributed by atoms with Gasteiger partial charge >= 0.3 is 0 Å². The fourth-order valence-electron chi connectivity index (χ4n) is 4.36. The number of benzene rings is 2. The second-order valence-corrected chi connectivity index (χ2v) is 8.49. The van der Waals surface area contributed by atoms with Crippen molar-refractivity contribution in [3.63, 3.8) is 0 Å². The number of likely N-dealkylation sites (tertiary alicyclic amines) is 1. The predicted octanol–water partition coefficient (Wildman–Crippen LogP) is 5.28. The Labute approximate surface area is 189 Å². The standard InChI is InChI=1S/C25H22F2N4O2/c1-14-4-7-18(23-28-8-3-9-29-23)19(10-14)25(32)31-13-16(6-5-15(31)2)24-30-22-20(27)11-17(26)12-21(22)33-24/h3-4,7-12,15-16H,5-6,13H2,1-2H3/t15-,16-/m1/s1. The van der Waals surface area contributed by atoms with E-state index in [-0.39, 0.29) is 29.0 Å². The highest BCUT2D eigenvalue weighted by Crippen LogP contribution is 2.34. The third-order valence-electron chi connectivity index (χ3n) is 6.13. The molecule has 8 heteroatoms. The van der Waals surface area contributed by atoms with Crippen LogP contribution in [0.25, 0.3) is 22.5 Å². The molecule has 2 aromatic heterocycles. The molecule has 1 aliphatic heterocycles. The lowest BCUT2D eigenvalue weighted by molar-refractivity contribution is 0.0598. The van der Waals surface area contributed by atoms with Crippen LogP contribution in [0.4, 0.5) is 8.78 Å². The maximum atomic E-state index is 14.1. The summed E-state index contributed by atoms with van der Waals surface area (Å²) in [5.41, 5.74) is 2.22. The zero-order chi connectivity index (χ0) is 23.1. The fourth-order valence-corrected chi connectivity index (χ4v) is 4.36. The molecule has 1 saturated heterocycles. The summed E-state index contributed by atoms with van der Waals surface area (Å²) >= 11 is 0. The quantitative estimate of drug-likeness (QED) is 0.426. The molecule has 0 saturated carbocycles. The van der Waals surface area contributed by atoms with Crippen molar-refractivity contribution in [2.45, 2.75) is 38.6 Å². The molecule has 0 aliphatic carbocycles. The summed E-state index contributed by atoms with van der Waals surface area (Å²) < 4.78 is 33.4. The van der Waals surface area contributed by atoms with E-state index in [2.05, 4.69) is 15.0 Å². The van der Waals surface area contributed by atoms with E-state index in [1.807, 2.05) is 32.0 Å². The Morgan fingerprint density at radius 1 is 1.12 bits per heavy atom. The molecule has 0 unspecified atom stereocenters. The van der Waals surface area contributed by atoms with E-state index in [1.165, 1.54) is 0 Å². The summed E-state index contributed by atoms with van der Waals surface area (Å²) in [5.74, 6) is -1.03. The molecule has 0 N–H and O–H groups in total. The number of aryl methyl sites for hydroxylation is 1. The van der Waals surface area contributed by atoms with Crippen LogP contribution in [-0.4, -0.2) is 38.3 Å². The van der Waals surface area contributed by atoms with Crippen molar-refractivity contribution >= 4 is 17.0 Å². The molecule has 2 atom stereocenters. The zero-order valence-electron chi connectivity index (χ0n) is 18.3. The Bertz CT molecular complexity index is 1340. The highest BCUT2D eigenvalue weighted by atomic mass is 19.1. The van der Waals surface area contributed by atoms with Gasteiger partial charge in [0.25, 0.3) is 5.91 Å².